The van der Waals surface area contributed by atoms with Gasteiger partial charge in [0.15, 0.2) is 0 Å². The van der Waals surface area contributed by atoms with Gasteiger partial charge in [-0.15, -0.1) is 6.58 Å². The summed E-state index contributed by atoms with van der Waals surface area (Å²) in [5.41, 5.74) is 1.63. The lowest BCUT2D eigenvalue weighted by Crippen LogP contribution is -1.94. The molecule has 0 bridgehead atoms. The zero-order valence-electron chi connectivity index (χ0n) is 7.47. The van der Waals surface area contributed by atoms with E-state index in [0.717, 1.165) is 5.92 Å². The second kappa shape index (κ2) is 4.38. The summed E-state index contributed by atoms with van der Waals surface area (Å²) >= 11 is 0. The van der Waals surface area contributed by atoms with Crippen LogP contribution in [0.25, 0.3) is 0 Å². The van der Waals surface area contributed by atoms with Crippen LogP contribution in [0.1, 0.15) is 39.0 Å². The molecular formula is C11H18. The summed E-state index contributed by atoms with van der Waals surface area (Å²) in [4.78, 5) is 0. The van der Waals surface area contributed by atoms with Crippen molar-refractivity contribution in [2.24, 2.45) is 5.92 Å². The number of allylic oxidation sites excluding steroid dienone is 3. The van der Waals surface area contributed by atoms with Crippen molar-refractivity contribution in [3.63, 3.8) is 0 Å². The Balaban J connectivity index is 2.52. The van der Waals surface area contributed by atoms with E-state index < -0.39 is 0 Å². The minimum Gasteiger partial charge on any atom is -0.103 e. The fraction of sp³-hybridized carbons (Fsp3) is 0.636. The minimum absolute atomic E-state index is 0.753. The van der Waals surface area contributed by atoms with Crippen molar-refractivity contribution in [3.8, 4) is 0 Å². The fourth-order valence-electron chi connectivity index (χ4n) is 1.70. The molecule has 11 heavy (non-hydrogen) atoms. The Morgan fingerprint density at radius 2 is 2.55 bits per heavy atom. The molecule has 0 heteroatoms. The van der Waals surface area contributed by atoms with Crippen LogP contribution in [0.4, 0.5) is 0 Å². The van der Waals surface area contributed by atoms with E-state index in [4.69, 9.17) is 0 Å². The third-order valence-electron chi connectivity index (χ3n) is 2.52. The Labute approximate surface area is 70.0 Å². The van der Waals surface area contributed by atoms with Crippen LogP contribution in [0.5, 0.6) is 0 Å². The zero-order valence-corrected chi connectivity index (χ0v) is 7.47. The van der Waals surface area contributed by atoms with E-state index in [-0.39, 0.29) is 0 Å². The fourth-order valence-corrected chi connectivity index (χ4v) is 1.70. The second-order valence-electron chi connectivity index (χ2n) is 3.35. The van der Waals surface area contributed by atoms with Crippen LogP contribution < -0.4 is 0 Å². The minimum atomic E-state index is 0.753. The molecule has 0 aliphatic heterocycles. The summed E-state index contributed by atoms with van der Waals surface area (Å²) in [5, 5.41) is 0. The van der Waals surface area contributed by atoms with Gasteiger partial charge in [0.2, 0.25) is 0 Å². The van der Waals surface area contributed by atoms with Gasteiger partial charge in [0, 0.05) is 0 Å². The average molecular weight is 150 g/mol. The number of hydrogen-bond donors (Lipinski definition) is 0. The highest BCUT2D eigenvalue weighted by atomic mass is 14.1. The molecule has 0 aromatic rings. The quantitative estimate of drug-likeness (QED) is 0.526. The Hall–Kier alpha value is -0.520. The summed E-state index contributed by atoms with van der Waals surface area (Å²) in [5.74, 6) is 0.753. The van der Waals surface area contributed by atoms with Crippen LogP contribution in [0.3, 0.4) is 0 Å². The van der Waals surface area contributed by atoms with Crippen molar-refractivity contribution >= 4 is 0 Å². The van der Waals surface area contributed by atoms with Crippen molar-refractivity contribution in [1.29, 1.82) is 0 Å². The van der Waals surface area contributed by atoms with Crippen LogP contribution >= 0.6 is 0 Å². The van der Waals surface area contributed by atoms with Crippen LogP contribution in [0.2, 0.25) is 0 Å². The Bertz CT molecular complexity index is 153. The molecule has 1 unspecified atom stereocenters. The van der Waals surface area contributed by atoms with Crippen LogP contribution in [-0.4, -0.2) is 0 Å². The highest BCUT2D eigenvalue weighted by Crippen LogP contribution is 2.25. The van der Waals surface area contributed by atoms with E-state index in [1.165, 1.54) is 32.1 Å². The molecule has 1 aliphatic rings. The lowest BCUT2D eigenvalue weighted by atomic mass is 9.97. The summed E-state index contributed by atoms with van der Waals surface area (Å²) in [6.07, 6.45) is 11.0. The first kappa shape index (κ1) is 8.58. The van der Waals surface area contributed by atoms with Crippen molar-refractivity contribution in [1.82, 2.24) is 0 Å². The van der Waals surface area contributed by atoms with Crippen molar-refractivity contribution in [3.05, 3.63) is 24.3 Å². The van der Waals surface area contributed by atoms with Gasteiger partial charge in [-0.1, -0.05) is 24.6 Å². The first-order valence-corrected chi connectivity index (χ1v) is 4.67. The highest BCUT2D eigenvalue weighted by molar-refractivity contribution is 5.06. The third-order valence-corrected chi connectivity index (χ3v) is 2.52. The summed E-state index contributed by atoms with van der Waals surface area (Å²) < 4.78 is 0. The van der Waals surface area contributed by atoms with Gasteiger partial charge in [0.25, 0.3) is 0 Å². The maximum atomic E-state index is 3.87. The first-order valence-electron chi connectivity index (χ1n) is 4.67. The Kier molecular flexibility index (Phi) is 3.41. The van der Waals surface area contributed by atoms with Crippen molar-refractivity contribution < 1.29 is 0 Å². The molecule has 0 aromatic carbocycles. The van der Waals surface area contributed by atoms with E-state index in [1.807, 2.05) is 0 Å². The zero-order chi connectivity index (χ0) is 8.10. The molecule has 0 heterocycles. The molecule has 0 saturated heterocycles. The number of hydrogen-bond acceptors (Lipinski definition) is 0. The third kappa shape index (κ3) is 2.53. The van der Waals surface area contributed by atoms with Gasteiger partial charge in [0.1, 0.15) is 0 Å². The second-order valence-corrected chi connectivity index (χ2v) is 3.35. The molecule has 1 atom stereocenters. The molecule has 0 spiro atoms. The maximum Gasteiger partial charge on any atom is -0.0199 e. The Morgan fingerprint density at radius 1 is 1.73 bits per heavy atom. The normalized spacial score (nSPS) is 25.5. The van der Waals surface area contributed by atoms with Crippen LogP contribution in [-0.2, 0) is 0 Å². The van der Waals surface area contributed by atoms with E-state index in [2.05, 4.69) is 25.7 Å². The predicted octanol–water partition coefficient (Wildman–Crippen LogP) is 3.70. The molecule has 0 saturated carbocycles. The summed E-state index contributed by atoms with van der Waals surface area (Å²) in [6.45, 7) is 6.11. The molecule has 0 fully saturated rings. The SMILES string of the molecule is C=CC1CCCC=C(CC)C1. The van der Waals surface area contributed by atoms with Crippen molar-refractivity contribution in [2.75, 3.05) is 0 Å². The molecule has 62 valence electrons. The molecule has 0 amide bonds. The highest BCUT2D eigenvalue weighted by Gasteiger charge is 2.09. The van der Waals surface area contributed by atoms with Crippen LogP contribution in [0.15, 0.2) is 24.3 Å². The predicted molar refractivity (Wildman–Crippen MR) is 50.5 cm³/mol. The van der Waals surface area contributed by atoms with Gasteiger partial charge in [0.05, 0.1) is 0 Å². The largest absolute Gasteiger partial charge is 0.103 e. The molecule has 1 rings (SSSR count). The maximum absolute atomic E-state index is 3.87. The number of rotatable bonds is 2. The summed E-state index contributed by atoms with van der Waals surface area (Å²) in [7, 11) is 0. The van der Waals surface area contributed by atoms with E-state index >= 15 is 0 Å². The first-order chi connectivity index (χ1) is 5.36. The van der Waals surface area contributed by atoms with E-state index in [1.54, 1.807) is 5.57 Å². The average Bonchev–Trinajstić information content (AvgIpc) is 2.28. The monoisotopic (exact) mass is 150 g/mol. The van der Waals surface area contributed by atoms with Gasteiger partial charge in [-0.3, -0.25) is 0 Å². The molecule has 0 nitrogen and oxygen atoms in total. The van der Waals surface area contributed by atoms with Gasteiger partial charge < -0.3 is 0 Å². The van der Waals surface area contributed by atoms with Gasteiger partial charge in [-0.2, -0.15) is 0 Å². The lowest BCUT2D eigenvalue weighted by molar-refractivity contribution is 0.575. The lowest BCUT2D eigenvalue weighted by Gasteiger charge is -2.09. The standard InChI is InChI=1S/C11H18/c1-3-10-7-5-6-8-11(4-2)9-10/h3,8,10H,1,4-7,9H2,2H3. The van der Waals surface area contributed by atoms with Crippen LogP contribution in [0, 0.1) is 5.92 Å². The van der Waals surface area contributed by atoms with E-state index in [0.29, 0.717) is 0 Å². The van der Waals surface area contributed by atoms with E-state index in [9.17, 15) is 0 Å². The molecule has 1 aliphatic carbocycles. The van der Waals surface area contributed by atoms with Crippen molar-refractivity contribution in [2.45, 2.75) is 39.0 Å². The van der Waals surface area contributed by atoms with Gasteiger partial charge in [-0.25, -0.2) is 0 Å². The van der Waals surface area contributed by atoms with Gasteiger partial charge in [-0.05, 0) is 38.0 Å². The smallest absolute Gasteiger partial charge is 0.0199 e. The molecule has 0 radical (unpaired) electrons. The molecular weight excluding hydrogens is 132 g/mol. The molecule has 0 aromatic heterocycles. The summed E-state index contributed by atoms with van der Waals surface area (Å²) in [6, 6.07) is 0. The topological polar surface area (TPSA) is 0 Å². The molecule has 0 N–H and O–H groups in total. The van der Waals surface area contributed by atoms with Gasteiger partial charge >= 0.3 is 0 Å². The Morgan fingerprint density at radius 3 is 3.18 bits per heavy atom.